The van der Waals surface area contributed by atoms with Gasteiger partial charge in [-0.2, -0.15) is 0 Å². The summed E-state index contributed by atoms with van der Waals surface area (Å²) in [5.74, 6) is 1.47. The Hall–Kier alpha value is -2.13. The zero-order chi connectivity index (χ0) is 20.5. The number of carbonyl (C=O) groups excluding carboxylic acids is 1. The summed E-state index contributed by atoms with van der Waals surface area (Å²) in [4.78, 5) is 32.3. The molecule has 154 valence electrons. The highest BCUT2D eigenvalue weighted by Gasteiger charge is 2.25. The standard InChI is InChI=1S/C20H24N4O3S2/c1-11-10-15(23-27-11)21-16(25)8-9-28-20-22-18-17(12(2)13(3)29-18)19(26)24(20)14-6-4-5-7-14/h10,14H,4-9H2,1-3H3,(H,21,23,25). The van der Waals surface area contributed by atoms with Crippen LogP contribution in [0, 0.1) is 20.8 Å². The van der Waals surface area contributed by atoms with Crippen molar-refractivity contribution in [2.75, 3.05) is 11.1 Å². The van der Waals surface area contributed by atoms with Gasteiger partial charge in [0.25, 0.3) is 5.56 Å². The van der Waals surface area contributed by atoms with Crippen LogP contribution in [0.5, 0.6) is 0 Å². The summed E-state index contributed by atoms with van der Waals surface area (Å²) in [5.41, 5.74) is 1.10. The van der Waals surface area contributed by atoms with Crippen molar-refractivity contribution < 1.29 is 9.32 Å². The average Bonchev–Trinajstić information content (AvgIpc) is 3.38. The first-order chi connectivity index (χ1) is 13.9. The lowest BCUT2D eigenvalue weighted by Crippen LogP contribution is -2.26. The predicted octanol–water partition coefficient (Wildman–Crippen LogP) is 4.61. The number of nitrogens with one attached hydrogen (secondary N) is 1. The number of aromatic nitrogens is 3. The Bertz CT molecular complexity index is 1110. The average molecular weight is 433 g/mol. The molecule has 1 aliphatic carbocycles. The second kappa shape index (κ2) is 8.31. The lowest BCUT2D eigenvalue weighted by atomic mass is 10.2. The van der Waals surface area contributed by atoms with E-state index in [1.54, 1.807) is 24.3 Å². The van der Waals surface area contributed by atoms with E-state index in [4.69, 9.17) is 9.51 Å². The van der Waals surface area contributed by atoms with Crippen molar-refractivity contribution in [1.82, 2.24) is 14.7 Å². The number of hydrogen-bond donors (Lipinski definition) is 1. The monoisotopic (exact) mass is 432 g/mol. The molecule has 1 saturated carbocycles. The minimum Gasteiger partial charge on any atom is -0.360 e. The number of hydrogen-bond acceptors (Lipinski definition) is 7. The van der Waals surface area contributed by atoms with E-state index in [1.807, 2.05) is 18.4 Å². The zero-order valence-electron chi connectivity index (χ0n) is 16.8. The summed E-state index contributed by atoms with van der Waals surface area (Å²) >= 11 is 3.04. The van der Waals surface area contributed by atoms with E-state index >= 15 is 0 Å². The summed E-state index contributed by atoms with van der Waals surface area (Å²) in [7, 11) is 0. The van der Waals surface area contributed by atoms with Crippen LogP contribution in [0.15, 0.2) is 20.5 Å². The number of anilines is 1. The number of rotatable bonds is 6. The zero-order valence-corrected chi connectivity index (χ0v) is 18.4. The third kappa shape index (κ3) is 4.11. The van der Waals surface area contributed by atoms with Gasteiger partial charge in [0.1, 0.15) is 10.6 Å². The maximum Gasteiger partial charge on any atom is 0.263 e. The van der Waals surface area contributed by atoms with Crippen molar-refractivity contribution in [2.24, 2.45) is 0 Å². The molecule has 1 amide bonds. The second-order valence-electron chi connectivity index (χ2n) is 7.44. The molecule has 0 aliphatic heterocycles. The maximum absolute atomic E-state index is 13.3. The van der Waals surface area contributed by atoms with Gasteiger partial charge in [0, 0.05) is 29.2 Å². The molecule has 1 N–H and O–H groups in total. The third-order valence-corrected chi connectivity index (χ3v) is 7.40. The molecule has 1 fully saturated rings. The lowest BCUT2D eigenvalue weighted by Gasteiger charge is -2.18. The van der Waals surface area contributed by atoms with Crippen LogP contribution in [0.3, 0.4) is 0 Å². The van der Waals surface area contributed by atoms with Gasteiger partial charge in [0.15, 0.2) is 11.0 Å². The van der Waals surface area contributed by atoms with E-state index < -0.39 is 0 Å². The van der Waals surface area contributed by atoms with Crippen molar-refractivity contribution in [1.29, 1.82) is 0 Å². The van der Waals surface area contributed by atoms with Crippen LogP contribution >= 0.6 is 23.1 Å². The molecule has 0 atom stereocenters. The number of thioether (sulfide) groups is 1. The first-order valence-electron chi connectivity index (χ1n) is 9.82. The highest BCUT2D eigenvalue weighted by Crippen LogP contribution is 2.34. The van der Waals surface area contributed by atoms with Gasteiger partial charge in [0.2, 0.25) is 5.91 Å². The van der Waals surface area contributed by atoms with Gasteiger partial charge in [-0.15, -0.1) is 11.3 Å². The molecule has 0 unspecified atom stereocenters. The molecule has 0 bridgehead atoms. The van der Waals surface area contributed by atoms with E-state index in [0.717, 1.165) is 51.5 Å². The lowest BCUT2D eigenvalue weighted by molar-refractivity contribution is -0.115. The van der Waals surface area contributed by atoms with E-state index in [2.05, 4.69) is 10.5 Å². The van der Waals surface area contributed by atoms with Crippen molar-refractivity contribution >= 4 is 45.0 Å². The molecule has 0 aromatic carbocycles. The number of thiophene rings is 1. The fraction of sp³-hybridized carbons (Fsp3) is 0.500. The Kier molecular flexibility index (Phi) is 5.78. The SMILES string of the molecule is Cc1cc(NC(=O)CCSc2nc3sc(C)c(C)c3c(=O)n2C2CCCC2)no1. The van der Waals surface area contributed by atoms with Crippen LogP contribution in [0.2, 0.25) is 0 Å². The number of fused-ring (bicyclic) bond motifs is 1. The van der Waals surface area contributed by atoms with Crippen molar-refractivity contribution in [3.05, 3.63) is 32.6 Å². The van der Waals surface area contributed by atoms with Crippen molar-refractivity contribution in [2.45, 2.75) is 64.1 Å². The van der Waals surface area contributed by atoms with Gasteiger partial charge in [-0.25, -0.2) is 4.98 Å². The third-order valence-electron chi connectivity index (χ3n) is 5.35. The summed E-state index contributed by atoms with van der Waals surface area (Å²) < 4.78 is 6.85. The quantitative estimate of drug-likeness (QED) is 0.452. The summed E-state index contributed by atoms with van der Waals surface area (Å²) in [5, 5.41) is 7.98. The molecular formula is C20H24N4O3S2. The Morgan fingerprint density at radius 1 is 1.34 bits per heavy atom. The molecule has 3 aromatic rings. The van der Waals surface area contributed by atoms with Crippen LogP contribution in [0.25, 0.3) is 10.2 Å². The van der Waals surface area contributed by atoms with E-state index in [1.165, 1.54) is 11.8 Å². The minimum atomic E-state index is -0.135. The molecule has 1 aliphatic rings. The van der Waals surface area contributed by atoms with Gasteiger partial charge < -0.3 is 9.84 Å². The smallest absolute Gasteiger partial charge is 0.263 e. The van der Waals surface area contributed by atoms with Gasteiger partial charge in [-0.1, -0.05) is 29.8 Å². The number of carbonyl (C=O) groups is 1. The fourth-order valence-electron chi connectivity index (χ4n) is 3.74. The van der Waals surface area contributed by atoms with Crippen LogP contribution in [-0.4, -0.2) is 26.4 Å². The van der Waals surface area contributed by atoms with Crippen LogP contribution in [0.1, 0.15) is 54.3 Å². The van der Waals surface area contributed by atoms with Gasteiger partial charge >= 0.3 is 0 Å². The van der Waals surface area contributed by atoms with Crippen LogP contribution in [-0.2, 0) is 4.79 Å². The topological polar surface area (TPSA) is 90.0 Å². The van der Waals surface area contributed by atoms with Gasteiger partial charge in [-0.3, -0.25) is 14.2 Å². The van der Waals surface area contributed by atoms with E-state index in [-0.39, 0.29) is 17.5 Å². The molecule has 3 heterocycles. The Balaban J connectivity index is 1.55. The fourth-order valence-corrected chi connectivity index (χ4v) is 5.81. The Morgan fingerprint density at radius 3 is 2.79 bits per heavy atom. The molecule has 9 heteroatoms. The molecule has 4 rings (SSSR count). The first kappa shape index (κ1) is 20.2. The molecule has 0 spiro atoms. The van der Waals surface area contributed by atoms with Crippen molar-refractivity contribution in [3.63, 3.8) is 0 Å². The van der Waals surface area contributed by atoms with E-state index in [0.29, 0.717) is 23.8 Å². The largest absolute Gasteiger partial charge is 0.360 e. The first-order valence-corrected chi connectivity index (χ1v) is 11.6. The molecule has 29 heavy (non-hydrogen) atoms. The molecule has 0 radical (unpaired) electrons. The van der Waals surface area contributed by atoms with Crippen molar-refractivity contribution in [3.8, 4) is 0 Å². The number of aryl methyl sites for hydroxylation is 3. The highest BCUT2D eigenvalue weighted by molar-refractivity contribution is 7.99. The highest BCUT2D eigenvalue weighted by atomic mass is 32.2. The number of nitrogens with zero attached hydrogens (tertiary/aromatic N) is 3. The Labute approximate surface area is 176 Å². The maximum atomic E-state index is 13.3. The van der Waals surface area contributed by atoms with Crippen LogP contribution in [0.4, 0.5) is 5.82 Å². The van der Waals surface area contributed by atoms with Gasteiger partial charge in [0.05, 0.1) is 5.39 Å². The predicted molar refractivity (Wildman–Crippen MR) is 116 cm³/mol. The van der Waals surface area contributed by atoms with E-state index in [9.17, 15) is 9.59 Å². The molecule has 7 nitrogen and oxygen atoms in total. The minimum absolute atomic E-state index is 0.0637. The second-order valence-corrected chi connectivity index (χ2v) is 9.71. The number of amides is 1. The molecule has 0 saturated heterocycles. The summed E-state index contributed by atoms with van der Waals surface area (Å²) in [6.07, 6.45) is 4.60. The summed E-state index contributed by atoms with van der Waals surface area (Å²) in [6, 6.07) is 1.88. The van der Waals surface area contributed by atoms with Crippen LogP contribution < -0.4 is 10.9 Å². The van der Waals surface area contributed by atoms with Gasteiger partial charge in [-0.05, 0) is 39.2 Å². The molecule has 3 aromatic heterocycles. The normalized spacial score (nSPS) is 14.7. The molecular weight excluding hydrogens is 408 g/mol. The Morgan fingerprint density at radius 2 is 2.10 bits per heavy atom. The summed E-state index contributed by atoms with van der Waals surface area (Å²) in [6.45, 7) is 5.80.